The second-order valence-corrected chi connectivity index (χ2v) is 8.61. The molecule has 0 aliphatic carbocycles. The van der Waals surface area contributed by atoms with Gasteiger partial charge in [0.2, 0.25) is 0 Å². The van der Waals surface area contributed by atoms with Gasteiger partial charge in [-0.2, -0.15) is 0 Å². The Labute approximate surface area is 167 Å². The number of methoxy groups -OCH3 is 1. The Balaban J connectivity index is 1.48. The summed E-state index contributed by atoms with van der Waals surface area (Å²) < 4.78 is 11.5. The van der Waals surface area contributed by atoms with E-state index in [1.165, 1.54) is 36.4 Å². The SMILES string of the molecule is COc1cc(CNCC2CCCN(C(C)C)C2)ccc1OCc1cccs1. The van der Waals surface area contributed by atoms with Gasteiger partial charge in [-0.1, -0.05) is 12.1 Å². The summed E-state index contributed by atoms with van der Waals surface area (Å²) in [5, 5.41) is 5.70. The van der Waals surface area contributed by atoms with Crippen molar-refractivity contribution in [1.29, 1.82) is 0 Å². The molecule has 1 N–H and O–H groups in total. The number of piperidine rings is 1. The van der Waals surface area contributed by atoms with Gasteiger partial charge in [-0.05, 0) is 74.8 Å². The van der Waals surface area contributed by atoms with Gasteiger partial charge in [0.1, 0.15) is 6.61 Å². The minimum Gasteiger partial charge on any atom is -0.493 e. The molecule has 1 aromatic heterocycles. The molecule has 1 unspecified atom stereocenters. The first kappa shape index (κ1) is 20.2. The van der Waals surface area contributed by atoms with Crippen molar-refractivity contribution in [1.82, 2.24) is 10.2 Å². The molecule has 1 aromatic carbocycles. The highest BCUT2D eigenvalue weighted by molar-refractivity contribution is 7.09. The van der Waals surface area contributed by atoms with E-state index in [9.17, 15) is 0 Å². The Morgan fingerprint density at radius 2 is 2.15 bits per heavy atom. The summed E-state index contributed by atoms with van der Waals surface area (Å²) in [6.45, 7) is 9.57. The fourth-order valence-electron chi connectivity index (χ4n) is 3.64. The van der Waals surface area contributed by atoms with Crippen molar-refractivity contribution in [2.45, 2.75) is 45.9 Å². The van der Waals surface area contributed by atoms with E-state index in [1.807, 2.05) is 12.1 Å². The minimum atomic E-state index is 0.583. The van der Waals surface area contributed by atoms with Gasteiger partial charge in [0.15, 0.2) is 11.5 Å². The van der Waals surface area contributed by atoms with Crippen molar-refractivity contribution in [2.75, 3.05) is 26.7 Å². The average Bonchev–Trinajstić information content (AvgIpc) is 3.20. The molecule has 4 nitrogen and oxygen atoms in total. The van der Waals surface area contributed by atoms with Crippen LogP contribution >= 0.6 is 11.3 Å². The lowest BCUT2D eigenvalue weighted by atomic mass is 9.97. The van der Waals surface area contributed by atoms with E-state index < -0.39 is 0 Å². The summed E-state index contributed by atoms with van der Waals surface area (Å²) in [4.78, 5) is 3.81. The van der Waals surface area contributed by atoms with E-state index in [-0.39, 0.29) is 0 Å². The first-order valence-corrected chi connectivity index (χ1v) is 10.8. The molecule has 0 bridgehead atoms. The molecule has 1 atom stereocenters. The molecular formula is C22H32N2O2S. The normalized spacial score (nSPS) is 18.0. The highest BCUT2D eigenvalue weighted by atomic mass is 32.1. The Morgan fingerprint density at radius 3 is 2.89 bits per heavy atom. The number of hydrogen-bond acceptors (Lipinski definition) is 5. The van der Waals surface area contributed by atoms with Crippen LogP contribution in [0.25, 0.3) is 0 Å². The van der Waals surface area contributed by atoms with Gasteiger partial charge in [0, 0.05) is 24.0 Å². The van der Waals surface area contributed by atoms with Crippen molar-refractivity contribution in [3.8, 4) is 11.5 Å². The van der Waals surface area contributed by atoms with E-state index in [0.717, 1.165) is 30.5 Å². The van der Waals surface area contributed by atoms with Crippen molar-refractivity contribution >= 4 is 11.3 Å². The summed E-state index contributed by atoms with van der Waals surface area (Å²) in [5.74, 6) is 2.35. The number of ether oxygens (including phenoxy) is 2. The smallest absolute Gasteiger partial charge is 0.161 e. The standard InChI is InChI=1S/C22H32N2O2S/c1-17(2)24-10-4-6-19(15-24)14-23-13-18-8-9-21(22(12-18)25-3)26-16-20-7-5-11-27-20/h5,7-9,11-12,17,19,23H,4,6,10,13-16H2,1-3H3. The molecule has 1 saturated heterocycles. The van der Waals surface area contributed by atoms with Gasteiger partial charge >= 0.3 is 0 Å². The number of nitrogens with zero attached hydrogens (tertiary/aromatic N) is 1. The zero-order chi connectivity index (χ0) is 19.1. The fourth-order valence-corrected chi connectivity index (χ4v) is 4.25. The average molecular weight is 389 g/mol. The van der Waals surface area contributed by atoms with E-state index in [0.29, 0.717) is 12.6 Å². The third-order valence-corrected chi connectivity index (χ3v) is 6.07. The number of benzene rings is 1. The number of thiophene rings is 1. The molecule has 0 amide bonds. The topological polar surface area (TPSA) is 33.7 Å². The van der Waals surface area contributed by atoms with E-state index >= 15 is 0 Å². The Bertz CT molecular complexity index is 688. The van der Waals surface area contributed by atoms with Crippen LogP contribution in [0.1, 0.15) is 37.1 Å². The quantitative estimate of drug-likeness (QED) is 0.683. The van der Waals surface area contributed by atoms with Gasteiger partial charge in [-0.3, -0.25) is 0 Å². The van der Waals surface area contributed by atoms with Crippen LogP contribution in [-0.4, -0.2) is 37.7 Å². The monoisotopic (exact) mass is 388 g/mol. The number of hydrogen-bond donors (Lipinski definition) is 1. The minimum absolute atomic E-state index is 0.583. The largest absolute Gasteiger partial charge is 0.493 e. The van der Waals surface area contributed by atoms with Gasteiger partial charge in [-0.15, -0.1) is 11.3 Å². The van der Waals surface area contributed by atoms with Crippen LogP contribution < -0.4 is 14.8 Å². The maximum Gasteiger partial charge on any atom is 0.161 e. The van der Waals surface area contributed by atoms with Crippen LogP contribution in [0.2, 0.25) is 0 Å². The Hall–Kier alpha value is -1.56. The van der Waals surface area contributed by atoms with Gasteiger partial charge in [-0.25, -0.2) is 0 Å². The first-order valence-electron chi connectivity index (χ1n) is 9.92. The number of rotatable bonds is 9. The zero-order valence-corrected chi connectivity index (χ0v) is 17.6. The molecule has 2 aromatic rings. The van der Waals surface area contributed by atoms with Crippen LogP contribution in [0.15, 0.2) is 35.7 Å². The van der Waals surface area contributed by atoms with Crippen LogP contribution in [0.3, 0.4) is 0 Å². The molecule has 1 aliphatic heterocycles. The highest BCUT2D eigenvalue weighted by Crippen LogP contribution is 2.29. The molecule has 148 valence electrons. The first-order chi connectivity index (χ1) is 13.2. The predicted molar refractivity (Wildman–Crippen MR) is 113 cm³/mol. The zero-order valence-electron chi connectivity index (χ0n) is 16.7. The molecule has 2 heterocycles. The summed E-state index contributed by atoms with van der Waals surface area (Å²) in [6, 6.07) is 11.0. The molecule has 0 saturated carbocycles. The lowest BCUT2D eigenvalue weighted by Gasteiger charge is -2.35. The third kappa shape index (κ3) is 5.96. The molecule has 0 spiro atoms. The maximum atomic E-state index is 5.92. The third-order valence-electron chi connectivity index (χ3n) is 5.22. The lowest BCUT2D eigenvalue weighted by molar-refractivity contribution is 0.138. The van der Waals surface area contributed by atoms with Gasteiger partial charge < -0.3 is 19.7 Å². The summed E-state index contributed by atoms with van der Waals surface area (Å²) in [5.41, 5.74) is 1.23. The lowest BCUT2D eigenvalue weighted by Crippen LogP contribution is -2.42. The van der Waals surface area contributed by atoms with Crippen molar-refractivity contribution in [2.24, 2.45) is 5.92 Å². The second kappa shape index (κ2) is 10.1. The molecule has 1 fully saturated rings. The molecule has 1 aliphatic rings. The summed E-state index contributed by atoms with van der Waals surface area (Å²) >= 11 is 1.71. The van der Waals surface area contributed by atoms with Crippen LogP contribution in [-0.2, 0) is 13.2 Å². The Morgan fingerprint density at radius 1 is 1.26 bits per heavy atom. The summed E-state index contributed by atoms with van der Waals surface area (Å²) in [6.07, 6.45) is 2.64. The van der Waals surface area contributed by atoms with Crippen molar-refractivity contribution in [3.05, 3.63) is 46.2 Å². The van der Waals surface area contributed by atoms with Gasteiger partial charge in [0.05, 0.1) is 7.11 Å². The number of nitrogens with one attached hydrogen (secondary N) is 1. The molecule has 27 heavy (non-hydrogen) atoms. The molecular weight excluding hydrogens is 356 g/mol. The summed E-state index contributed by atoms with van der Waals surface area (Å²) in [7, 11) is 1.70. The molecule has 3 rings (SSSR count). The van der Waals surface area contributed by atoms with E-state index in [1.54, 1.807) is 18.4 Å². The highest BCUT2D eigenvalue weighted by Gasteiger charge is 2.21. The Kier molecular flexibility index (Phi) is 7.56. The van der Waals surface area contributed by atoms with Crippen LogP contribution in [0.4, 0.5) is 0 Å². The predicted octanol–water partition coefficient (Wildman–Crippen LogP) is 4.55. The van der Waals surface area contributed by atoms with Crippen molar-refractivity contribution in [3.63, 3.8) is 0 Å². The fraction of sp³-hybridized carbons (Fsp3) is 0.545. The van der Waals surface area contributed by atoms with E-state index in [2.05, 4.69) is 47.6 Å². The number of likely N-dealkylation sites (tertiary alicyclic amines) is 1. The van der Waals surface area contributed by atoms with E-state index in [4.69, 9.17) is 9.47 Å². The molecule has 5 heteroatoms. The van der Waals surface area contributed by atoms with Crippen LogP contribution in [0, 0.1) is 5.92 Å². The van der Waals surface area contributed by atoms with Crippen LogP contribution in [0.5, 0.6) is 11.5 Å². The van der Waals surface area contributed by atoms with Crippen molar-refractivity contribution < 1.29 is 9.47 Å². The second-order valence-electron chi connectivity index (χ2n) is 7.58. The van der Waals surface area contributed by atoms with Gasteiger partial charge in [0.25, 0.3) is 0 Å². The molecule has 0 radical (unpaired) electrons. The maximum absolute atomic E-state index is 5.92.